The summed E-state index contributed by atoms with van der Waals surface area (Å²) in [6, 6.07) is 13.6. The molecule has 0 N–H and O–H groups in total. The van der Waals surface area contributed by atoms with Gasteiger partial charge in [0.15, 0.2) is 0 Å². The number of nitriles is 1. The smallest absolute Gasteiger partial charge is 0.115 e. The van der Waals surface area contributed by atoms with Crippen LogP contribution in [-0.4, -0.2) is 19.5 Å². The van der Waals surface area contributed by atoms with E-state index in [1.165, 1.54) is 25.7 Å². The van der Waals surface area contributed by atoms with E-state index in [0.717, 1.165) is 33.5 Å². The maximum absolute atomic E-state index is 9.14. The summed E-state index contributed by atoms with van der Waals surface area (Å²) in [5, 5.41) is 10.1. The Kier molecular flexibility index (Phi) is 9.64. The molecule has 0 radical (unpaired) electrons. The second-order valence-corrected chi connectivity index (χ2v) is 7.13. The maximum atomic E-state index is 9.14. The van der Waals surface area contributed by atoms with Crippen LogP contribution in [0.3, 0.4) is 0 Å². The summed E-state index contributed by atoms with van der Waals surface area (Å²) >= 11 is 0. The lowest BCUT2D eigenvalue weighted by atomic mass is 10.1. The first kappa shape index (κ1) is 24.0. The Morgan fingerprint density at radius 1 is 0.968 bits per heavy atom. The molecule has 0 aliphatic rings. The predicted molar refractivity (Wildman–Crippen MR) is 129 cm³/mol. The fourth-order valence-electron chi connectivity index (χ4n) is 3.34. The van der Waals surface area contributed by atoms with Crippen LogP contribution in [-0.2, 0) is 13.5 Å². The molecular weight excluding hydrogens is 382 g/mol. The summed E-state index contributed by atoms with van der Waals surface area (Å²) < 4.78 is 2.06. The number of rotatable bonds is 5. The van der Waals surface area contributed by atoms with Crippen LogP contribution in [0.25, 0.3) is 21.9 Å². The summed E-state index contributed by atoms with van der Waals surface area (Å²) in [6.45, 7) is 8.46. The third-order valence-corrected chi connectivity index (χ3v) is 4.94. The van der Waals surface area contributed by atoms with Crippen molar-refractivity contribution >= 4 is 21.9 Å². The SMILES string of the molecule is CC.CCCCCC.Cn1c(Cc2ccccn2)nc2cnc3ccc(C#N)cc3c21. The minimum absolute atomic E-state index is 0.624. The number of benzene rings is 1. The first-order chi connectivity index (χ1) is 15.2. The topological polar surface area (TPSA) is 67.4 Å². The highest BCUT2D eigenvalue weighted by molar-refractivity contribution is 6.02. The van der Waals surface area contributed by atoms with Crippen LogP contribution in [0.1, 0.15) is 70.5 Å². The van der Waals surface area contributed by atoms with Gasteiger partial charge in [0.2, 0.25) is 0 Å². The number of nitrogens with zero attached hydrogens (tertiary/aromatic N) is 5. The number of pyridine rings is 2. The molecule has 0 fully saturated rings. The molecule has 4 rings (SSSR count). The molecule has 31 heavy (non-hydrogen) atoms. The van der Waals surface area contributed by atoms with Crippen LogP contribution in [0.15, 0.2) is 48.8 Å². The van der Waals surface area contributed by atoms with E-state index < -0.39 is 0 Å². The number of unbranched alkanes of at least 4 members (excludes halogenated alkanes) is 3. The summed E-state index contributed by atoms with van der Waals surface area (Å²) in [5.74, 6) is 0.926. The summed E-state index contributed by atoms with van der Waals surface area (Å²) in [7, 11) is 1.99. The van der Waals surface area contributed by atoms with Crippen molar-refractivity contribution in [3.63, 3.8) is 0 Å². The van der Waals surface area contributed by atoms with Gasteiger partial charge in [-0.15, -0.1) is 0 Å². The molecule has 5 nitrogen and oxygen atoms in total. The zero-order chi connectivity index (χ0) is 22.6. The number of aryl methyl sites for hydroxylation is 1. The molecule has 3 aromatic heterocycles. The van der Waals surface area contributed by atoms with Crippen molar-refractivity contribution in [2.45, 2.75) is 59.8 Å². The summed E-state index contributed by atoms with van der Waals surface area (Å²) in [6.07, 6.45) is 9.76. The standard InChI is InChI=1S/C18H13N5.C6H14.C2H6/c1-23-17(9-13-4-2-3-7-20-13)22-16-11-21-15-6-5-12(10-19)8-14(15)18(16)23;1-3-5-6-4-2;1-2/h2-8,11H,9H2,1H3;3-6H2,1-2H3;1-2H3. The van der Waals surface area contributed by atoms with Crippen LogP contribution in [0.2, 0.25) is 0 Å². The molecule has 162 valence electrons. The van der Waals surface area contributed by atoms with Gasteiger partial charge in [-0.2, -0.15) is 5.26 Å². The lowest BCUT2D eigenvalue weighted by molar-refractivity contribution is 0.702. The van der Waals surface area contributed by atoms with E-state index in [4.69, 9.17) is 10.2 Å². The molecule has 0 amide bonds. The van der Waals surface area contributed by atoms with E-state index in [2.05, 4.69) is 34.5 Å². The molecule has 0 aliphatic carbocycles. The van der Waals surface area contributed by atoms with Gasteiger partial charge in [-0.25, -0.2) is 4.98 Å². The van der Waals surface area contributed by atoms with Gasteiger partial charge in [-0.05, 0) is 30.3 Å². The molecule has 0 spiro atoms. The number of fused-ring (bicyclic) bond motifs is 3. The molecule has 0 aliphatic heterocycles. The summed E-state index contributed by atoms with van der Waals surface area (Å²) in [5.41, 5.74) is 4.29. The monoisotopic (exact) mass is 415 g/mol. The van der Waals surface area contributed by atoms with E-state index in [-0.39, 0.29) is 0 Å². The van der Waals surface area contributed by atoms with Crippen molar-refractivity contribution in [3.8, 4) is 6.07 Å². The van der Waals surface area contributed by atoms with Crippen molar-refractivity contribution in [2.24, 2.45) is 7.05 Å². The second kappa shape index (κ2) is 12.4. The van der Waals surface area contributed by atoms with E-state index in [1.54, 1.807) is 18.5 Å². The van der Waals surface area contributed by atoms with Crippen LogP contribution in [0, 0.1) is 11.3 Å². The lowest BCUT2D eigenvalue weighted by Crippen LogP contribution is -2.00. The highest BCUT2D eigenvalue weighted by Gasteiger charge is 2.13. The maximum Gasteiger partial charge on any atom is 0.115 e. The molecule has 0 saturated heterocycles. The summed E-state index contributed by atoms with van der Waals surface area (Å²) in [4.78, 5) is 13.5. The van der Waals surface area contributed by atoms with Gasteiger partial charge in [-0.1, -0.05) is 59.4 Å². The Hall–Kier alpha value is -3.26. The van der Waals surface area contributed by atoms with E-state index in [0.29, 0.717) is 12.0 Å². The number of aromatic nitrogens is 4. The van der Waals surface area contributed by atoms with Crippen LogP contribution < -0.4 is 0 Å². The zero-order valence-electron chi connectivity index (χ0n) is 19.4. The van der Waals surface area contributed by atoms with Gasteiger partial charge in [0.25, 0.3) is 0 Å². The average Bonchev–Trinajstić information content (AvgIpc) is 3.15. The molecule has 1 aromatic carbocycles. The lowest BCUT2D eigenvalue weighted by Gasteiger charge is -2.04. The van der Waals surface area contributed by atoms with E-state index in [1.807, 2.05) is 51.2 Å². The van der Waals surface area contributed by atoms with Crippen molar-refractivity contribution in [1.82, 2.24) is 19.5 Å². The van der Waals surface area contributed by atoms with E-state index >= 15 is 0 Å². The van der Waals surface area contributed by atoms with Gasteiger partial charge in [-0.3, -0.25) is 9.97 Å². The molecule has 3 heterocycles. The largest absolute Gasteiger partial charge is 0.330 e. The van der Waals surface area contributed by atoms with Gasteiger partial charge in [0.05, 0.1) is 28.9 Å². The predicted octanol–water partition coefficient (Wildman–Crippen LogP) is 6.59. The molecule has 4 aromatic rings. The van der Waals surface area contributed by atoms with Gasteiger partial charge >= 0.3 is 0 Å². The molecule has 0 unspecified atom stereocenters. The molecular formula is C26H33N5. The number of imidazole rings is 1. The first-order valence-electron chi connectivity index (χ1n) is 11.2. The Labute approximate surface area is 185 Å². The number of hydrogen-bond acceptors (Lipinski definition) is 4. The Balaban J connectivity index is 0.000000372. The molecule has 0 saturated carbocycles. The van der Waals surface area contributed by atoms with Gasteiger partial charge in [0, 0.05) is 30.7 Å². The number of hydrogen-bond donors (Lipinski definition) is 0. The fourth-order valence-corrected chi connectivity index (χ4v) is 3.34. The normalized spacial score (nSPS) is 10.1. The van der Waals surface area contributed by atoms with Crippen molar-refractivity contribution in [2.75, 3.05) is 0 Å². The molecule has 0 bridgehead atoms. The van der Waals surface area contributed by atoms with Gasteiger partial charge in [0.1, 0.15) is 11.3 Å². The van der Waals surface area contributed by atoms with Crippen molar-refractivity contribution < 1.29 is 0 Å². The van der Waals surface area contributed by atoms with Gasteiger partial charge < -0.3 is 4.57 Å². The van der Waals surface area contributed by atoms with Crippen LogP contribution in [0.5, 0.6) is 0 Å². The van der Waals surface area contributed by atoms with Crippen molar-refractivity contribution in [1.29, 1.82) is 5.26 Å². The fraction of sp³-hybridized carbons (Fsp3) is 0.385. The third-order valence-electron chi connectivity index (χ3n) is 4.94. The molecule has 0 atom stereocenters. The minimum atomic E-state index is 0.624. The highest BCUT2D eigenvalue weighted by atomic mass is 15.1. The minimum Gasteiger partial charge on any atom is -0.330 e. The Morgan fingerprint density at radius 3 is 2.32 bits per heavy atom. The van der Waals surface area contributed by atoms with Crippen LogP contribution in [0.4, 0.5) is 0 Å². The Bertz CT molecular complexity index is 1120. The third kappa shape index (κ3) is 6.11. The first-order valence-corrected chi connectivity index (χ1v) is 11.2. The van der Waals surface area contributed by atoms with Crippen molar-refractivity contribution in [3.05, 3.63) is 65.9 Å². The molecule has 5 heteroatoms. The highest BCUT2D eigenvalue weighted by Crippen LogP contribution is 2.25. The Morgan fingerprint density at radius 2 is 1.71 bits per heavy atom. The second-order valence-electron chi connectivity index (χ2n) is 7.13. The zero-order valence-corrected chi connectivity index (χ0v) is 19.4. The van der Waals surface area contributed by atoms with E-state index in [9.17, 15) is 0 Å². The van der Waals surface area contributed by atoms with Crippen LogP contribution >= 0.6 is 0 Å². The average molecular weight is 416 g/mol. The quantitative estimate of drug-likeness (QED) is 0.345.